The maximum absolute atomic E-state index is 12.7. The smallest absolute Gasteiger partial charge is 0.306 e. The summed E-state index contributed by atoms with van der Waals surface area (Å²) in [4.78, 5) is 29.0. The van der Waals surface area contributed by atoms with Crippen molar-refractivity contribution < 1.29 is 19.1 Å². The molecule has 2 aromatic rings. The second-order valence-corrected chi connectivity index (χ2v) is 7.53. The van der Waals surface area contributed by atoms with Crippen LogP contribution in [0.2, 0.25) is 0 Å². The predicted octanol–water partition coefficient (Wildman–Crippen LogP) is 2.90. The van der Waals surface area contributed by atoms with Gasteiger partial charge >= 0.3 is 5.97 Å². The molecule has 1 aliphatic rings. The lowest BCUT2D eigenvalue weighted by Crippen LogP contribution is -2.51. The number of methoxy groups -OCH3 is 1. The quantitative estimate of drug-likeness (QED) is 0.627. The number of ether oxygens (including phenoxy) is 2. The van der Waals surface area contributed by atoms with Crippen LogP contribution in [-0.4, -0.2) is 61.1 Å². The lowest BCUT2D eigenvalue weighted by molar-refractivity contribution is -0.159. The van der Waals surface area contributed by atoms with Crippen molar-refractivity contribution in [3.05, 3.63) is 65.7 Å². The summed E-state index contributed by atoms with van der Waals surface area (Å²) >= 11 is 0. The predicted molar refractivity (Wildman–Crippen MR) is 115 cm³/mol. The van der Waals surface area contributed by atoms with E-state index in [1.54, 1.807) is 18.9 Å². The summed E-state index contributed by atoms with van der Waals surface area (Å²) in [5.74, 6) is 0.257. The van der Waals surface area contributed by atoms with E-state index >= 15 is 0 Å². The van der Waals surface area contributed by atoms with Crippen LogP contribution in [0.5, 0.6) is 5.75 Å². The van der Waals surface area contributed by atoms with E-state index in [1.165, 1.54) is 5.56 Å². The molecular formula is C24H30N2O4. The van der Waals surface area contributed by atoms with Crippen molar-refractivity contribution in [1.29, 1.82) is 0 Å². The van der Waals surface area contributed by atoms with Crippen molar-refractivity contribution in [2.24, 2.45) is 0 Å². The minimum Gasteiger partial charge on any atom is -0.496 e. The zero-order valence-electron chi connectivity index (χ0n) is 17.8. The van der Waals surface area contributed by atoms with Gasteiger partial charge in [0.25, 0.3) is 5.91 Å². The van der Waals surface area contributed by atoms with Crippen LogP contribution < -0.4 is 4.74 Å². The highest BCUT2D eigenvalue weighted by Gasteiger charge is 2.27. The molecule has 0 N–H and O–H groups in total. The fourth-order valence-corrected chi connectivity index (χ4v) is 3.68. The maximum atomic E-state index is 12.7. The van der Waals surface area contributed by atoms with E-state index in [0.717, 1.165) is 30.9 Å². The van der Waals surface area contributed by atoms with Crippen molar-refractivity contribution in [2.75, 3.05) is 33.3 Å². The summed E-state index contributed by atoms with van der Waals surface area (Å²) in [5, 5.41) is 0. The van der Waals surface area contributed by atoms with E-state index in [4.69, 9.17) is 9.47 Å². The molecule has 1 fully saturated rings. The first-order valence-corrected chi connectivity index (χ1v) is 10.4. The molecule has 1 heterocycles. The number of carbonyl (C=O) groups is 2. The summed E-state index contributed by atoms with van der Waals surface area (Å²) in [6.45, 7) is 5.46. The largest absolute Gasteiger partial charge is 0.496 e. The molecule has 6 heteroatoms. The van der Waals surface area contributed by atoms with E-state index in [2.05, 4.69) is 17.0 Å². The Morgan fingerprint density at radius 3 is 2.33 bits per heavy atom. The molecule has 1 atom stereocenters. The number of para-hydroxylation sites is 1. The van der Waals surface area contributed by atoms with Crippen molar-refractivity contribution in [3.8, 4) is 5.75 Å². The summed E-state index contributed by atoms with van der Waals surface area (Å²) < 4.78 is 10.7. The minimum atomic E-state index is -0.768. The average Bonchev–Trinajstić information content (AvgIpc) is 2.78. The summed E-state index contributed by atoms with van der Waals surface area (Å²) in [6, 6.07) is 17.9. The van der Waals surface area contributed by atoms with Gasteiger partial charge < -0.3 is 14.4 Å². The van der Waals surface area contributed by atoms with Crippen molar-refractivity contribution in [3.63, 3.8) is 0 Å². The molecule has 160 valence electrons. The molecule has 0 aromatic heterocycles. The third kappa shape index (κ3) is 6.07. The SMILES string of the molecule is COc1ccccc1CCC(=O)OC(C)C(=O)N1CCN(Cc2ccccc2)CC1. The molecule has 0 saturated carbocycles. The van der Waals surface area contributed by atoms with Crippen molar-refractivity contribution in [2.45, 2.75) is 32.4 Å². The minimum absolute atomic E-state index is 0.125. The van der Waals surface area contributed by atoms with Crippen LogP contribution in [0.3, 0.4) is 0 Å². The molecule has 3 rings (SSSR count). The summed E-state index contributed by atoms with van der Waals surface area (Å²) in [7, 11) is 1.61. The molecule has 0 radical (unpaired) electrons. The Morgan fingerprint density at radius 2 is 1.63 bits per heavy atom. The second kappa shape index (κ2) is 10.8. The summed E-state index contributed by atoms with van der Waals surface area (Å²) in [5.41, 5.74) is 2.22. The van der Waals surface area contributed by atoms with Gasteiger partial charge in [-0.1, -0.05) is 48.5 Å². The van der Waals surface area contributed by atoms with Gasteiger partial charge in [-0.25, -0.2) is 0 Å². The van der Waals surface area contributed by atoms with Crippen molar-refractivity contribution in [1.82, 2.24) is 9.80 Å². The number of hydrogen-bond acceptors (Lipinski definition) is 5. The van der Waals surface area contributed by atoms with Crippen LogP contribution in [-0.2, 0) is 27.3 Å². The van der Waals surface area contributed by atoms with Crippen LogP contribution in [0.25, 0.3) is 0 Å². The van der Waals surface area contributed by atoms with Crippen LogP contribution in [0.1, 0.15) is 24.5 Å². The fourth-order valence-electron chi connectivity index (χ4n) is 3.68. The van der Waals surface area contributed by atoms with Gasteiger partial charge in [0.1, 0.15) is 5.75 Å². The highest BCUT2D eigenvalue weighted by atomic mass is 16.5. The third-order valence-electron chi connectivity index (χ3n) is 5.38. The number of aryl methyl sites for hydroxylation is 1. The van der Waals surface area contributed by atoms with Crippen LogP contribution in [0, 0.1) is 0 Å². The van der Waals surface area contributed by atoms with Crippen LogP contribution in [0.15, 0.2) is 54.6 Å². The molecule has 1 saturated heterocycles. The highest BCUT2D eigenvalue weighted by molar-refractivity contribution is 5.83. The van der Waals surface area contributed by atoms with E-state index in [-0.39, 0.29) is 18.3 Å². The fraction of sp³-hybridized carbons (Fsp3) is 0.417. The first-order chi connectivity index (χ1) is 14.6. The van der Waals surface area contributed by atoms with Gasteiger partial charge in [0.2, 0.25) is 0 Å². The van der Waals surface area contributed by atoms with Gasteiger partial charge in [0.05, 0.1) is 7.11 Å². The standard InChI is InChI=1S/C24H30N2O4/c1-19(30-23(27)13-12-21-10-6-7-11-22(21)29-2)24(28)26-16-14-25(15-17-26)18-20-8-4-3-5-9-20/h3-11,19H,12-18H2,1-2H3. The summed E-state index contributed by atoms with van der Waals surface area (Å²) in [6.07, 6.45) is -0.0408. The van der Waals surface area contributed by atoms with E-state index < -0.39 is 6.10 Å². The van der Waals surface area contributed by atoms with Crippen LogP contribution in [0.4, 0.5) is 0 Å². The third-order valence-corrected chi connectivity index (χ3v) is 5.38. The molecule has 6 nitrogen and oxygen atoms in total. The van der Waals surface area contributed by atoms with Gasteiger partial charge in [-0.3, -0.25) is 14.5 Å². The molecule has 0 bridgehead atoms. The van der Waals surface area contributed by atoms with Gasteiger partial charge in [0.15, 0.2) is 6.10 Å². The zero-order valence-corrected chi connectivity index (χ0v) is 17.8. The number of piperazine rings is 1. The number of hydrogen-bond donors (Lipinski definition) is 0. The Hall–Kier alpha value is -2.86. The number of carbonyl (C=O) groups excluding carboxylic acids is 2. The molecule has 0 aliphatic carbocycles. The first-order valence-electron chi connectivity index (χ1n) is 10.4. The van der Waals surface area contributed by atoms with E-state index in [1.807, 2.05) is 42.5 Å². The Balaban J connectivity index is 1.41. The van der Waals surface area contributed by atoms with Gasteiger partial charge in [0, 0.05) is 39.1 Å². The molecule has 2 aromatic carbocycles. The molecular weight excluding hydrogens is 380 g/mol. The number of amides is 1. The molecule has 1 unspecified atom stereocenters. The van der Waals surface area contributed by atoms with Gasteiger partial charge in [-0.05, 0) is 30.5 Å². The van der Waals surface area contributed by atoms with Gasteiger partial charge in [-0.2, -0.15) is 0 Å². The normalized spacial score (nSPS) is 15.5. The average molecular weight is 411 g/mol. The topological polar surface area (TPSA) is 59.1 Å². The number of nitrogens with zero attached hydrogens (tertiary/aromatic N) is 2. The van der Waals surface area contributed by atoms with Crippen molar-refractivity contribution >= 4 is 11.9 Å². The molecule has 1 amide bonds. The zero-order chi connectivity index (χ0) is 21.3. The Bertz CT molecular complexity index is 832. The molecule has 0 spiro atoms. The Morgan fingerprint density at radius 1 is 0.967 bits per heavy atom. The lowest BCUT2D eigenvalue weighted by atomic mass is 10.1. The van der Waals surface area contributed by atoms with Gasteiger partial charge in [-0.15, -0.1) is 0 Å². The van der Waals surface area contributed by atoms with Crippen LogP contribution >= 0.6 is 0 Å². The molecule has 30 heavy (non-hydrogen) atoms. The number of rotatable bonds is 8. The lowest BCUT2D eigenvalue weighted by Gasteiger charge is -2.35. The number of benzene rings is 2. The van der Waals surface area contributed by atoms with E-state index in [0.29, 0.717) is 19.5 Å². The number of esters is 1. The molecule has 1 aliphatic heterocycles. The Kier molecular flexibility index (Phi) is 7.85. The Labute approximate surface area is 178 Å². The first kappa shape index (κ1) is 21.8. The maximum Gasteiger partial charge on any atom is 0.306 e. The monoisotopic (exact) mass is 410 g/mol. The second-order valence-electron chi connectivity index (χ2n) is 7.53. The highest BCUT2D eigenvalue weighted by Crippen LogP contribution is 2.19. The van der Waals surface area contributed by atoms with E-state index in [9.17, 15) is 9.59 Å².